The van der Waals surface area contributed by atoms with E-state index in [1.54, 1.807) is 4.57 Å². The number of imidazole rings is 1. The molecule has 1 unspecified atom stereocenters. The first-order chi connectivity index (χ1) is 7.60. The van der Waals surface area contributed by atoms with Gasteiger partial charge in [0.25, 0.3) is 0 Å². The van der Waals surface area contributed by atoms with Crippen molar-refractivity contribution in [3.05, 3.63) is 22.9 Å². The molecule has 1 aromatic rings. The smallest absolute Gasteiger partial charge is 0.299 e. The standard InChI is InChI=1S/C12H21BrN2O/c1-4-5-14-6-7-15(12(14)16)9-11(8-13)10(2)3/h6-7,10-11H,4-5,8-9H2,1-3H3. The fraction of sp³-hybridized carbons (Fsp3) is 0.750. The van der Waals surface area contributed by atoms with Crippen molar-refractivity contribution in [3.8, 4) is 0 Å². The largest absolute Gasteiger partial charge is 0.328 e. The minimum atomic E-state index is 0.119. The molecule has 0 saturated heterocycles. The first kappa shape index (κ1) is 13.6. The quantitative estimate of drug-likeness (QED) is 0.740. The highest BCUT2D eigenvalue weighted by molar-refractivity contribution is 9.09. The number of hydrogen-bond acceptors (Lipinski definition) is 1. The van der Waals surface area contributed by atoms with Crippen LogP contribution in [0.15, 0.2) is 17.2 Å². The average molecular weight is 289 g/mol. The molecule has 0 amide bonds. The molecule has 1 aromatic heterocycles. The second-order valence-electron chi connectivity index (χ2n) is 4.58. The van der Waals surface area contributed by atoms with Gasteiger partial charge in [0, 0.05) is 30.8 Å². The Hall–Kier alpha value is -0.510. The lowest BCUT2D eigenvalue weighted by Gasteiger charge is -2.17. The molecule has 0 radical (unpaired) electrons. The maximum absolute atomic E-state index is 11.9. The van der Waals surface area contributed by atoms with E-state index < -0.39 is 0 Å². The Balaban J connectivity index is 2.77. The van der Waals surface area contributed by atoms with Crippen molar-refractivity contribution < 1.29 is 0 Å². The summed E-state index contributed by atoms with van der Waals surface area (Å²) >= 11 is 3.51. The van der Waals surface area contributed by atoms with E-state index >= 15 is 0 Å². The maximum Gasteiger partial charge on any atom is 0.328 e. The number of rotatable bonds is 6. The number of nitrogens with zero attached hydrogens (tertiary/aromatic N) is 2. The fourth-order valence-electron chi connectivity index (χ4n) is 1.69. The first-order valence-corrected chi connectivity index (χ1v) is 7.03. The van der Waals surface area contributed by atoms with Crippen molar-refractivity contribution in [2.75, 3.05) is 5.33 Å². The normalized spacial score (nSPS) is 13.3. The molecule has 0 N–H and O–H groups in total. The summed E-state index contributed by atoms with van der Waals surface area (Å²) in [5.41, 5.74) is 0.119. The molecule has 4 heteroatoms. The second-order valence-corrected chi connectivity index (χ2v) is 5.23. The van der Waals surface area contributed by atoms with E-state index in [1.807, 2.05) is 17.0 Å². The van der Waals surface area contributed by atoms with Gasteiger partial charge in [-0.15, -0.1) is 0 Å². The molecular weight excluding hydrogens is 268 g/mol. The molecule has 3 nitrogen and oxygen atoms in total. The van der Waals surface area contributed by atoms with Gasteiger partial charge in [0.15, 0.2) is 0 Å². The SMILES string of the molecule is CCCn1ccn(CC(CBr)C(C)C)c1=O. The van der Waals surface area contributed by atoms with Crippen molar-refractivity contribution in [2.24, 2.45) is 11.8 Å². The van der Waals surface area contributed by atoms with Crippen molar-refractivity contribution in [1.29, 1.82) is 0 Å². The average Bonchev–Trinajstić information content (AvgIpc) is 2.58. The van der Waals surface area contributed by atoms with Crippen LogP contribution in [-0.2, 0) is 13.1 Å². The van der Waals surface area contributed by atoms with Gasteiger partial charge in [0.05, 0.1) is 0 Å². The highest BCUT2D eigenvalue weighted by Gasteiger charge is 2.14. The minimum Gasteiger partial charge on any atom is -0.299 e. The Morgan fingerprint density at radius 3 is 2.44 bits per heavy atom. The van der Waals surface area contributed by atoms with Gasteiger partial charge in [-0.05, 0) is 18.3 Å². The topological polar surface area (TPSA) is 26.9 Å². The van der Waals surface area contributed by atoms with Crippen LogP contribution in [0.1, 0.15) is 27.2 Å². The van der Waals surface area contributed by atoms with Crippen molar-refractivity contribution in [2.45, 2.75) is 40.3 Å². The van der Waals surface area contributed by atoms with E-state index in [1.165, 1.54) is 0 Å². The van der Waals surface area contributed by atoms with E-state index in [-0.39, 0.29) is 5.69 Å². The van der Waals surface area contributed by atoms with E-state index in [0.29, 0.717) is 11.8 Å². The van der Waals surface area contributed by atoms with E-state index in [9.17, 15) is 4.79 Å². The predicted octanol–water partition coefficient (Wildman–Crippen LogP) is 2.73. The molecule has 1 rings (SSSR count). The molecule has 0 spiro atoms. The first-order valence-electron chi connectivity index (χ1n) is 5.91. The molecule has 1 atom stereocenters. The second kappa shape index (κ2) is 6.28. The summed E-state index contributed by atoms with van der Waals surface area (Å²) in [7, 11) is 0. The minimum absolute atomic E-state index is 0.119. The lowest BCUT2D eigenvalue weighted by Crippen LogP contribution is -2.28. The zero-order valence-corrected chi connectivity index (χ0v) is 11.9. The van der Waals surface area contributed by atoms with Crippen LogP contribution in [0, 0.1) is 11.8 Å². The van der Waals surface area contributed by atoms with Gasteiger partial charge in [-0.1, -0.05) is 36.7 Å². The third-order valence-electron chi connectivity index (χ3n) is 2.95. The molecule has 1 heterocycles. The molecule has 92 valence electrons. The fourth-order valence-corrected chi connectivity index (χ4v) is 2.65. The molecule has 0 fully saturated rings. The maximum atomic E-state index is 11.9. The van der Waals surface area contributed by atoms with Crippen LogP contribution in [-0.4, -0.2) is 14.5 Å². The van der Waals surface area contributed by atoms with Gasteiger partial charge in [-0.25, -0.2) is 4.79 Å². The van der Waals surface area contributed by atoms with E-state index in [2.05, 4.69) is 36.7 Å². The van der Waals surface area contributed by atoms with E-state index in [0.717, 1.165) is 24.8 Å². The van der Waals surface area contributed by atoms with Crippen molar-refractivity contribution in [3.63, 3.8) is 0 Å². The Morgan fingerprint density at radius 2 is 1.94 bits per heavy atom. The van der Waals surface area contributed by atoms with Gasteiger partial charge in [-0.2, -0.15) is 0 Å². The molecule has 0 bridgehead atoms. The molecule has 0 saturated carbocycles. The summed E-state index contributed by atoms with van der Waals surface area (Å²) in [6.07, 6.45) is 4.78. The van der Waals surface area contributed by atoms with E-state index in [4.69, 9.17) is 0 Å². The summed E-state index contributed by atoms with van der Waals surface area (Å²) in [6.45, 7) is 8.09. The number of hydrogen-bond donors (Lipinski definition) is 0. The van der Waals surface area contributed by atoms with Crippen LogP contribution in [0.3, 0.4) is 0 Å². The Labute approximate surface area is 106 Å². The zero-order valence-electron chi connectivity index (χ0n) is 10.3. The molecule has 0 aliphatic heterocycles. The summed E-state index contributed by atoms with van der Waals surface area (Å²) in [5, 5.41) is 0.941. The molecule has 0 aromatic carbocycles. The third-order valence-corrected chi connectivity index (χ3v) is 3.79. The predicted molar refractivity (Wildman–Crippen MR) is 71.1 cm³/mol. The molecular formula is C12H21BrN2O. The third kappa shape index (κ3) is 3.24. The number of alkyl halides is 1. The number of halogens is 1. The van der Waals surface area contributed by atoms with Crippen LogP contribution in [0.2, 0.25) is 0 Å². The molecule has 0 aliphatic rings. The Bertz CT molecular complexity index is 367. The molecule has 0 aliphatic carbocycles. The summed E-state index contributed by atoms with van der Waals surface area (Å²) < 4.78 is 3.60. The summed E-state index contributed by atoms with van der Waals surface area (Å²) in [6, 6.07) is 0. The molecule has 16 heavy (non-hydrogen) atoms. The van der Waals surface area contributed by atoms with Gasteiger partial charge in [-0.3, -0.25) is 9.13 Å². The van der Waals surface area contributed by atoms with Crippen LogP contribution in [0.25, 0.3) is 0 Å². The lowest BCUT2D eigenvalue weighted by molar-refractivity contribution is 0.366. The van der Waals surface area contributed by atoms with Crippen LogP contribution in [0.5, 0.6) is 0 Å². The van der Waals surface area contributed by atoms with Crippen molar-refractivity contribution >= 4 is 15.9 Å². The highest BCUT2D eigenvalue weighted by Crippen LogP contribution is 2.15. The lowest BCUT2D eigenvalue weighted by atomic mass is 9.98. The van der Waals surface area contributed by atoms with Gasteiger partial charge in [0.1, 0.15) is 0 Å². The number of aromatic nitrogens is 2. The van der Waals surface area contributed by atoms with Crippen LogP contribution < -0.4 is 5.69 Å². The monoisotopic (exact) mass is 288 g/mol. The van der Waals surface area contributed by atoms with Gasteiger partial charge >= 0.3 is 5.69 Å². The zero-order chi connectivity index (χ0) is 12.1. The Kier molecular flexibility index (Phi) is 5.32. The number of aryl methyl sites for hydroxylation is 1. The Morgan fingerprint density at radius 1 is 1.31 bits per heavy atom. The van der Waals surface area contributed by atoms with Crippen LogP contribution in [0.4, 0.5) is 0 Å². The highest BCUT2D eigenvalue weighted by atomic mass is 79.9. The summed E-state index contributed by atoms with van der Waals surface area (Å²) in [5.74, 6) is 1.09. The van der Waals surface area contributed by atoms with Crippen LogP contribution >= 0.6 is 15.9 Å². The van der Waals surface area contributed by atoms with Gasteiger partial charge < -0.3 is 0 Å². The van der Waals surface area contributed by atoms with Gasteiger partial charge in [0.2, 0.25) is 0 Å². The van der Waals surface area contributed by atoms with Crippen molar-refractivity contribution in [1.82, 2.24) is 9.13 Å². The summed E-state index contributed by atoms with van der Waals surface area (Å²) in [4.78, 5) is 11.9.